The van der Waals surface area contributed by atoms with Gasteiger partial charge < -0.3 is 9.84 Å². The summed E-state index contributed by atoms with van der Waals surface area (Å²) in [6.07, 6.45) is 1.52. The van der Waals surface area contributed by atoms with Gasteiger partial charge in [0.25, 0.3) is 0 Å². The Morgan fingerprint density at radius 1 is 1.36 bits per heavy atom. The molecule has 2 aromatic rings. The highest BCUT2D eigenvalue weighted by atomic mass is 32.2. The predicted octanol–water partition coefficient (Wildman–Crippen LogP) is 1.88. The van der Waals surface area contributed by atoms with Crippen molar-refractivity contribution in [3.05, 3.63) is 41.2 Å². The topological polar surface area (TPSA) is 89.3 Å². The lowest BCUT2D eigenvalue weighted by Gasteiger charge is -2.17. The Hall–Kier alpha value is -2.15. The van der Waals surface area contributed by atoms with E-state index in [1.807, 2.05) is 0 Å². The number of hydrogen-bond donors (Lipinski definition) is 1. The molecule has 1 amide bonds. The largest absolute Gasteiger partial charge is 0.360 e. The van der Waals surface area contributed by atoms with Gasteiger partial charge in [-0.25, -0.2) is 8.42 Å². The summed E-state index contributed by atoms with van der Waals surface area (Å²) in [6.45, 7) is 1.74. The SMILES string of the molecule is Cc1cc(NC(=O)Cc2ccc3c(c2)CCCS3(=O)=O)no1. The molecule has 0 saturated carbocycles. The molecule has 0 unspecified atom stereocenters. The summed E-state index contributed by atoms with van der Waals surface area (Å²) in [5, 5.41) is 6.35. The average Bonchev–Trinajstić information content (AvgIpc) is 2.83. The molecule has 2 heterocycles. The molecule has 0 bridgehead atoms. The molecular formula is C15H16N2O4S. The highest BCUT2D eigenvalue weighted by Crippen LogP contribution is 2.26. The van der Waals surface area contributed by atoms with Gasteiger partial charge in [0.05, 0.1) is 17.1 Å². The number of benzene rings is 1. The van der Waals surface area contributed by atoms with Crippen LogP contribution in [0.15, 0.2) is 33.7 Å². The summed E-state index contributed by atoms with van der Waals surface area (Å²) in [7, 11) is -3.16. The van der Waals surface area contributed by atoms with E-state index in [0.717, 1.165) is 17.5 Å². The second-order valence-electron chi connectivity index (χ2n) is 5.41. The summed E-state index contributed by atoms with van der Waals surface area (Å²) < 4.78 is 28.8. The lowest BCUT2D eigenvalue weighted by atomic mass is 10.0. The van der Waals surface area contributed by atoms with Crippen LogP contribution in [-0.2, 0) is 27.5 Å². The molecule has 0 radical (unpaired) electrons. The minimum atomic E-state index is -3.16. The molecule has 22 heavy (non-hydrogen) atoms. The molecule has 0 spiro atoms. The van der Waals surface area contributed by atoms with Crippen LogP contribution in [0, 0.1) is 6.92 Å². The number of aryl methyl sites for hydroxylation is 2. The van der Waals surface area contributed by atoms with Crippen molar-refractivity contribution in [2.45, 2.75) is 31.1 Å². The Labute approximate surface area is 128 Å². The standard InChI is InChI=1S/C15H16N2O4S/c1-10-7-14(17-21-10)16-15(18)9-11-4-5-13-12(8-11)3-2-6-22(13,19)20/h4-5,7-8H,2-3,6,9H2,1H3,(H,16,17,18). The molecule has 116 valence electrons. The van der Waals surface area contributed by atoms with Gasteiger partial charge in [-0.15, -0.1) is 0 Å². The number of nitrogens with one attached hydrogen (secondary N) is 1. The normalized spacial score (nSPS) is 16.0. The number of anilines is 1. The number of amides is 1. The zero-order chi connectivity index (χ0) is 15.7. The number of hydrogen-bond acceptors (Lipinski definition) is 5. The molecule has 6 nitrogen and oxygen atoms in total. The van der Waals surface area contributed by atoms with E-state index >= 15 is 0 Å². The second kappa shape index (κ2) is 5.57. The first-order valence-electron chi connectivity index (χ1n) is 7.02. The Bertz CT molecular complexity index is 824. The van der Waals surface area contributed by atoms with E-state index < -0.39 is 9.84 Å². The van der Waals surface area contributed by atoms with Crippen molar-refractivity contribution < 1.29 is 17.7 Å². The molecule has 1 aromatic heterocycles. The van der Waals surface area contributed by atoms with Gasteiger partial charge >= 0.3 is 0 Å². The molecule has 7 heteroatoms. The van der Waals surface area contributed by atoms with Gasteiger partial charge in [-0.05, 0) is 37.0 Å². The molecule has 0 saturated heterocycles. The Kier molecular flexibility index (Phi) is 3.74. The summed E-state index contributed by atoms with van der Waals surface area (Å²) in [6, 6.07) is 6.74. The van der Waals surface area contributed by atoms with Gasteiger partial charge in [0, 0.05) is 6.07 Å². The van der Waals surface area contributed by atoms with E-state index in [1.165, 1.54) is 0 Å². The molecule has 1 N–H and O–H groups in total. The monoisotopic (exact) mass is 320 g/mol. The van der Waals surface area contributed by atoms with Crippen LogP contribution >= 0.6 is 0 Å². The van der Waals surface area contributed by atoms with Crippen molar-refractivity contribution in [3.63, 3.8) is 0 Å². The molecule has 3 rings (SSSR count). The summed E-state index contributed by atoms with van der Waals surface area (Å²) in [5.41, 5.74) is 1.59. The lowest BCUT2D eigenvalue weighted by Crippen LogP contribution is -2.18. The highest BCUT2D eigenvalue weighted by Gasteiger charge is 2.23. The molecule has 1 aliphatic rings. The third-order valence-corrected chi connectivity index (χ3v) is 5.47. The minimum Gasteiger partial charge on any atom is -0.360 e. The fourth-order valence-corrected chi connectivity index (χ4v) is 4.18. The van der Waals surface area contributed by atoms with Crippen LogP contribution in [0.5, 0.6) is 0 Å². The first-order valence-corrected chi connectivity index (χ1v) is 8.67. The summed E-state index contributed by atoms with van der Waals surface area (Å²) in [5.74, 6) is 0.981. The van der Waals surface area contributed by atoms with Crippen LogP contribution in [0.25, 0.3) is 0 Å². The molecule has 0 aliphatic carbocycles. The van der Waals surface area contributed by atoms with Crippen molar-refractivity contribution in [1.82, 2.24) is 5.16 Å². The van der Waals surface area contributed by atoms with E-state index in [2.05, 4.69) is 10.5 Å². The second-order valence-corrected chi connectivity index (χ2v) is 7.49. The number of rotatable bonds is 3. The fourth-order valence-electron chi connectivity index (χ4n) is 2.60. The summed E-state index contributed by atoms with van der Waals surface area (Å²) in [4.78, 5) is 12.4. The molecule has 0 fully saturated rings. The quantitative estimate of drug-likeness (QED) is 0.932. The Balaban J connectivity index is 1.75. The zero-order valence-electron chi connectivity index (χ0n) is 12.1. The number of nitrogens with zero attached hydrogens (tertiary/aromatic N) is 1. The van der Waals surface area contributed by atoms with Gasteiger partial charge in [0.15, 0.2) is 15.7 Å². The van der Waals surface area contributed by atoms with Crippen molar-refractivity contribution in [1.29, 1.82) is 0 Å². The number of fused-ring (bicyclic) bond motifs is 1. The van der Waals surface area contributed by atoms with Crippen molar-refractivity contribution in [2.24, 2.45) is 0 Å². The van der Waals surface area contributed by atoms with Crippen LogP contribution in [0.4, 0.5) is 5.82 Å². The average molecular weight is 320 g/mol. The van der Waals surface area contributed by atoms with Gasteiger partial charge in [0.2, 0.25) is 5.91 Å². The Morgan fingerprint density at radius 2 is 2.18 bits per heavy atom. The maximum Gasteiger partial charge on any atom is 0.230 e. The van der Waals surface area contributed by atoms with Crippen LogP contribution in [0.1, 0.15) is 23.3 Å². The lowest BCUT2D eigenvalue weighted by molar-refractivity contribution is -0.115. The number of sulfone groups is 1. The molecular weight excluding hydrogens is 304 g/mol. The number of carbonyl (C=O) groups excluding carboxylic acids is 1. The zero-order valence-corrected chi connectivity index (χ0v) is 12.9. The minimum absolute atomic E-state index is 0.166. The van der Waals surface area contributed by atoms with Gasteiger partial charge in [-0.1, -0.05) is 17.3 Å². The smallest absolute Gasteiger partial charge is 0.230 e. The van der Waals surface area contributed by atoms with E-state index in [-0.39, 0.29) is 18.1 Å². The highest BCUT2D eigenvalue weighted by molar-refractivity contribution is 7.91. The third kappa shape index (κ3) is 3.04. The fraction of sp³-hybridized carbons (Fsp3) is 0.333. The molecule has 1 aromatic carbocycles. The van der Waals surface area contributed by atoms with E-state index in [0.29, 0.717) is 22.9 Å². The number of aromatic nitrogens is 1. The van der Waals surface area contributed by atoms with Crippen molar-refractivity contribution in [2.75, 3.05) is 11.1 Å². The first-order chi connectivity index (χ1) is 10.4. The van der Waals surface area contributed by atoms with Crippen LogP contribution < -0.4 is 5.32 Å². The van der Waals surface area contributed by atoms with Crippen molar-refractivity contribution >= 4 is 21.6 Å². The van der Waals surface area contributed by atoms with Gasteiger partial charge in [0.1, 0.15) is 5.76 Å². The first kappa shape index (κ1) is 14.8. The van der Waals surface area contributed by atoms with Crippen LogP contribution in [-0.4, -0.2) is 25.2 Å². The number of carbonyl (C=O) groups is 1. The predicted molar refractivity (Wildman–Crippen MR) is 80.4 cm³/mol. The Morgan fingerprint density at radius 3 is 2.91 bits per heavy atom. The van der Waals surface area contributed by atoms with E-state index in [1.54, 1.807) is 31.2 Å². The summed E-state index contributed by atoms with van der Waals surface area (Å²) >= 11 is 0. The van der Waals surface area contributed by atoms with Crippen LogP contribution in [0.2, 0.25) is 0 Å². The van der Waals surface area contributed by atoms with E-state index in [9.17, 15) is 13.2 Å². The van der Waals surface area contributed by atoms with E-state index in [4.69, 9.17) is 4.52 Å². The maximum atomic E-state index is 12.0. The molecule has 1 aliphatic heterocycles. The molecule has 0 atom stereocenters. The van der Waals surface area contributed by atoms with Gasteiger partial charge in [-0.3, -0.25) is 4.79 Å². The van der Waals surface area contributed by atoms with Crippen molar-refractivity contribution in [3.8, 4) is 0 Å². The maximum absolute atomic E-state index is 12.0. The van der Waals surface area contributed by atoms with Crippen LogP contribution in [0.3, 0.4) is 0 Å². The third-order valence-electron chi connectivity index (χ3n) is 3.58. The van der Waals surface area contributed by atoms with Gasteiger partial charge in [-0.2, -0.15) is 0 Å².